The lowest BCUT2D eigenvalue weighted by Gasteiger charge is -2.22. The Hall–Kier alpha value is -1.33. The first-order valence-corrected chi connectivity index (χ1v) is 9.42. The number of fused-ring (bicyclic) bond motifs is 1. The molecule has 2 aromatic heterocycles. The van der Waals surface area contributed by atoms with Crippen LogP contribution < -0.4 is 0 Å². The van der Waals surface area contributed by atoms with E-state index in [1.165, 1.54) is 12.8 Å². The zero-order valence-corrected chi connectivity index (χ0v) is 14.9. The molecule has 0 saturated carbocycles. The normalized spacial score (nSPS) is 12.1. The highest BCUT2D eigenvalue weighted by Gasteiger charge is 2.18. The monoisotopic (exact) mass is 331 g/mol. The molecule has 0 unspecified atom stereocenters. The van der Waals surface area contributed by atoms with Crippen molar-refractivity contribution in [2.45, 2.75) is 38.0 Å². The Kier molecular flexibility index (Phi) is 4.54. The van der Waals surface area contributed by atoms with Crippen molar-refractivity contribution >= 4 is 28.1 Å². The minimum absolute atomic E-state index is 0.363. The number of rotatable bonds is 6. The molecule has 0 aliphatic rings. The number of nitrogens with zero attached hydrogens (tertiary/aromatic N) is 3. The molecule has 0 saturated heterocycles. The highest BCUT2D eigenvalue weighted by Crippen LogP contribution is 2.33. The summed E-state index contributed by atoms with van der Waals surface area (Å²) in [5, 5.41) is 4.66. The summed E-state index contributed by atoms with van der Waals surface area (Å²) in [4.78, 5) is 5.66. The predicted octanol–water partition coefficient (Wildman–Crippen LogP) is 5.38. The number of hydrogen-bond donors (Lipinski definition) is 0. The first-order chi connectivity index (χ1) is 10.6. The Morgan fingerprint density at radius 2 is 2.00 bits per heavy atom. The lowest BCUT2D eigenvalue weighted by molar-refractivity contribution is 0.382. The van der Waals surface area contributed by atoms with Crippen LogP contribution in [0.2, 0.25) is 0 Å². The molecular formula is C17H21N3S2. The summed E-state index contributed by atoms with van der Waals surface area (Å²) in [7, 11) is 0. The minimum atomic E-state index is 0.363. The van der Waals surface area contributed by atoms with Crippen molar-refractivity contribution in [3.63, 3.8) is 0 Å². The van der Waals surface area contributed by atoms with Crippen LogP contribution in [0.3, 0.4) is 0 Å². The van der Waals surface area contributed by atoms with Crippen LogP contribution >= 0.6 is 23.1 Å². The van der Waals surface area contributed by atoms with Gasteiger partial charge in [0.05, 0.1) is 11.9 Å². The Labute approximate surface area is 139 Å². The first-order valence-electron chi connectivity index (χ1n) is 7.62. The molecule has 3 rings (SSSR count). The van der Waals surface area contributed by atoms with Gasteiger partial charge < -0.3 is 0 Å². The van der Waals surface area contributed by atoms with E-state index in [9.17, 15) is 0 Å². The molecule has 0 aliphatic heterocycles. The van der Waals surface area contributed by atoms with Crippen LogP contribution in [-0.4, -0.2) is 20.4 Å². The topological polar surface area (TPSA) is 30.2 Å². The van der Waals surface area contributed by atoms with Crippen molar-refractivity contribution in [2.24, 2.45) is 5.41 Å². The van der Waals surface area contributed by atoms with Gasteiger partial charge >= 0.3 is 0 Å². The molecule has 3 aromatic rings. The maximum atomic E-state index is 4.69. The molecule has 116 valence electrons. The van der Waals surface area contributed by atoms with Crippen LogP contribution in [0.1, 0.15) is 33.6 Å². The van der Waals surface area contributed by atoms with E-state index in [4.69, 9.17) is 4.98 Å². The van der Waals surface area contributed by atoms with Gasteiger partial charge in [0.2, 0.25) is 4.96 Å². The van der Waals surface area contributed by atoms with E-state index >= 15 is 0 Å². The lowest BCUT2D eigenvalue weighted by atomic mass is 9.91. The molecule has 0 aliphatic carbocycles. The maximum absolute atomic E-state index is 4.69. The molecule has 22 heavy (non-hydrogen) atoms. The number of aromatic nitrogens is 3. The van der Waals surface area contributed by atoms with Crippen molar-refractivity contribution in [1.82, 2.24) is 14.6 Å². The average Bonchev–Trinajstić information content (AvgIpc) is 3.04. The summed E-state index contributed by atoms with van der Waals surface area (Å²) in [5.74, 6) is 1.10. The van der Waals surface area contributed by atoms with Gasteiger partial charge in [-0.2, -0.15) is 0 Å². The fourth-order valence-electron chi connectivity index (χ4n) is 2.49. The van der Waals surface area contributed by atoms with Crippen LogP contribution in [0, 0.1) is 5.41 Å². The van der Waals surface area contributed by atoms with Crippen molar-refractivity contribution in [3.8, 4) is 11.3 Å². The molecule has 0 amide bonds. The number of thioether (sulfide) groups is 1. The van der Waals surface area contributed by atoms with Gasteiger partial charge in [-0.3, -0.25) is 0 Å². The van der Waals surface area contributed by atoms with E-state index in [-0.39, 0.29) is 0 Å². The third kappa shape index (κ3) is 3.52. The molecular weight excluding hydrogens is 310 g/mol. The SMILES string of the molecule is CCCC(C)(C)CSc1nn2cc(-c3ccccc3)nc2s1. The summed E-state index contributed by atoms with van der Waals surface area (Å²) < 4.78 is 3.01. The molecule has 0 bridgehead atoms. The first kappa shape index (κ1) is 15.6. The predicted molar refractivity (Wildman–Crippen MR) is 95.7 cm³/mol. The molecule has 0 radical (unpaired) electrons. The lowest BCUT2D eigenvalue weighted by Crippen LogP contribution is -2.13. The Morgan fingerprint density at radius 1 is 1.23 bits per heavy atom. The zero-order valence-electron chi connectivity index (χ0n) is 13.2. The molecule has 0 N–H and O–H groups in total. The summed E-state index contributed by atoms with van der Waals surface area (Å²) in [5.41, 5.74) is 2.49. The van der Waals surface area contributed by atoms with E-state index in [2.05, 4.69) is 38.0 Å². The standard InChI is InChI=1S/C17H21N3S2/c1-4-10-17(2,3)12-21-16-19-20-11-14(18-15(20)22-16)13-8-6-5-7-9-13/h5-9,11H,4,10,12H2,1-3H3. The van der Waals surface area contributed by atoms with E-state index < -0.39 is 0 Å². The Morgan fingerprint density at radius 3 is 2.68 bits per heavy atom. The van der Waals surface area contributed by atoms with E-state index in [1.807, 2.05) is 40.7 Å². The van der Waals surface area contributed by atoms with Crippen molar-refractivity contribution in [3.05, 3.63) is 36.5 Å². The number of imidazole rings is 1. The number of hydrogen-bond acceptors (Lipinski definition) is 4. The molecule has 0 spiro atoms. The quantitative estimate of drug-likeness (QED) is 0.568. The summed E-state index contributed by atoms with van der Waals surface area (Å²) >= 11 is 3.52. The maximum Gasteiger partial charge on any atom is 0.213 e. The molecule has 5 heteroatoms. The fourth-order valence-corrected chi connectivity index (χ4v) is 4.55. The summed E-state index contributed by atoms with van der Waals surface area (Å²) in [6.45, 7) is 6.90. The smallest absolute Gasteiger partial charge is 0.213 e. The summed E-state index contributed by atoms with van der Waals surface area (Å²) in [6.07, 6.45) is 4.50. The fraction of sp³-hybridized carbons (Fsp3) is 0.412. The van der Waals surface area contributed by atoms with Gasteiger partial charge in [0.25, 0.3) is 0 Å². The summed E-state index contributed by atoms with van der Waals surface area (Å²) in [6, 6.07) is 10.2. The highest BCUT2D eigenvalue weighted by molar-refractivity contribution is 8.01. The van der Waals surface area contributed by atoms with Gasteiger partial charge in [-0.15, -0.1) is 5.10 Å². The second-order valence-corrected chi connectivity index (χ2v) is 8.47. The molecule has 0 fully saturated rings. The number of benzene rings is 1. The van der Waals surface area contributed by atoms with Crippen LogP contribution in [0.5, 0.6) is 0 Å². The molecule has 1 aromatic carbocycles. The van der Waals surface area contributed by atoms with Gasteiger partial charge in [-0.1, -0.05) is 80.6 Å². The van der Waals surface area contributed by atoms with E-state index in [1.54, 1.807) is 11.3 Å². The van der Waals surface area contributed by atoms with Crippen LogP contribution in [0.25, 0.3) is 16.2 Å². The average molecular weight is 332 g/mol. The van der Waals surface area contributed by atoms with Crippen LogP contribution in [0.4, 0.5) is 0 Å². The highest BCUT2D eigenvalue weighted by atomic mass is 32.2. The van der Waals surface area contributed by atoms with Gasteiger partial charge in [-0.05, 0) is 11.8 Å². The largest absolute Gasteiger partial charge is 0.217 e. The van der Waals surface area contributed by atoms with Crippen molar-refractivity contribution < 1.29 is 0 Å². The Bertz CT molecular complexity index is 712. The van der Waals surface area contributed by atoms with Gasteiger partial charge in [0.15, 0.2) is 4.34 Å². The van der Waals surface area contributed by atoms with Gasteiger partial charge in [0.1, 0.15) is 0 Å². The second kappa shape index (κ2) is 6.42. The third-order valence-corrected chi connectivity index (χ3v) is 6.18. The Balaban J connectivity index is 1.74. The van der Waals surface area contributed by atoms with Gasteiger partial charge in [-0.25, -0.2) is 9.50 Å². The molecule has 2 heterocycles. The third-order valence-electron chi connectivity index (χ3n) is 3.61. The van der Waals surface area contributed by atoms with E-state index in [0.717, 1.165) is 26.3 Å². The molecule has 0 atom stereocenters. The van der Waals surface area contributed by atoms with E-state index in [0.29, 0.717) is 5.41 Å². The van der Waals surface area contributed by atoms with Crippen molar-refractivity contribution in [2.75, 3.05) is 5.75 Å². The van der Waals surface area contributed by atoms with Crippen molar-refractivity contribution in [1.29, 1.82) is 0 Å². The van der Waals surface area contributed by atoms with Crippen LogP contribution in [0.15, 0.2) is 40.9 Å². The van der Waals surface area contributed by atoms with Crippen LogP contribution in [-0.2, 0) is 0 Å². The van der Waals surface area contributed by atoms with Gasteiger partial charge in [0, 0.05) is 11.3 Å². The minimum Gasteiger partial charge on any atom is -0.217 e. The zero-order chi connectivity index (χ0) is 15.6. The second-order valence-electron chi connectivity index (χ2n) is 6.29. The molecule has 3 nitrogen and oxygen atoms in total.